The maximum atomic E-state index is 11.8. The van der Waals surface area contributed by atoms with E-state index < -0.39 is 29.9 Å². The molecule has 0 radical (unpaired) electrons. The normalized spacial score (nSPS) is 16.1. The molecule has 2 aromatic heterocycles. The minimum atomic E-state index is -1.02. The molecular formula is C28H39ClN2O10. The van der Waals surface area contributed by atoms with Gasteiger partial charge in [0.05, 0.1) is 0 Å². The van der Waals surface area contributed by atoms with Gasteiger partial charge in [-0.05, 0) is 83.6 Å². The number of aromatic carboxylic acids is 1. The third kappa shape index (κ3) is 12.6. The second kappa shape index (κ2) is 17.2. The molecule has 2 fully saturated rings. The van der Waals surface area contributed by atoms with Gasteiger partial charge in [-0.3, -0.25) is 0 Å². The van der Waals surface area contributed by atoms with Crippen molar-refractivity contribution in [3.8, 4) is 0 Å². The number of likely N-dealkylation sites (tertiary alicyclic amines) is 2. The Hall–Kier alpha value is -3.67. The SMILES string of the molecule is CC(Cl)OC(=O)N1CCCCC1.Cc1ccc(C(=O)O)o1.Cc1ccc(C(=O)OC(C)OC(=O)N2CCCCC2)o1. The first-order valence-electron chi connectivity index (χ1n) is 13.6. The summed E-state index contributed by atoms with van der Waals surface area (Å²) in [7, 11) is 0. The van der Waals surface area contributed by atoms with Crippen molar-refractivity contribution in [2.45, 2.75) is 78.1 Å². The van der Waals surface area contributed by atoms with E-state index in [1.54, 1.807) is 42.7 Å². The van der Waals surface area contributed by atoms with Gasteiger partial charge in [-0.2, -0.15) is 0 Å². The third-order valence-corrected chi connectivity index (χ3v) is 6.01. The molecule has 2 atom stereocenters. The quantitative estimate of drug-likeness (QED) is 0.240. The number of alkyl halides is 1. The van der Waals surface area contributed by atoms with Crippen LogP contribution < -0.4 is 0 Å². The van der Waals surface area contributed by atoms with Gasteiger partial charge in [0.25, 0.3) is 0 Å². The monoisotopic (exact) mass is 598 g/mol. The van der Waals surface area contributed by atoms with Crippen LogP contribution >= 0.6 is 11.6 Å². The Morgan fingerprint density at radius 1 is 0.732 bits per heavy atom. The topological polar surface area (TPSA) is 149 Å². The molecule has 228 valence electrons. The van der Waals surface area contributed by atoms with Crippen LogP contribution in [0.15, 0.2) is 33.1 Å². The largest absolute Gasteiger partial charge is 0.475 e. The number of carboxylic acids is 1. The van der Waals surface area contributed by atoms with Gasteiger partial charge in [0, 0.05) is 33.1 Å². The molecule has 4 rings (SSSR count). The van der Waals surface area contributed by atoms with Gasteiger partial charge in [-0.15, -0.1) is 0 Å². The zero-order chi connectivity index (χ0) is 30.4. The summed E-state index contributed by atoms with van der Waals surface area (Å²) in [5.41, 5.74) is -0.528. The third-order valence-electron chi connectivity index (χ3n) is 5.92. The Labute approximate surface area is 244 Å². The van der Waals surface area contributed by atoms with Crippen LogP contribution in [-0.2, 0) is 14.2 Å². The Morgan fingerprint density at radius 2 is 1.17 bits per heavy atom. The molecule has 13 heteroatoms. The lowest BCUT2D eigenvalue weighted by Gasteiger charge is -2.27. The number of carboxylic acid groups (broad SMARTS) is 1. The molecule has 2 aromatic rings. The summed E-state index contributed by atoms with van der Waals surface area (Å²) < 4.78 is 24.8. The molecule has 0 aliphatic carbocycles. The predicted molar refractivity (Wildman–Crippen MR) is 148 cm³/mol. The number of nitrogens with zero attached hydrogens (tertiary/aromatic N) is 2. The van der Waals surface area contributed by atoms with Crippen LogP contribution in [0.1, 0.15) is 85.0 Å². The minimum absolute atomic E-state index is 0.00694. The fourth-order valence-electron chi connectivity index (χ4n) is 3.91. The van der Waals surface area contributed by atoms with Crippen molar-refractivity contribution in [3.05, 3.63) is 47.3 Å². The smallest absolute Gasteiger partial charge is 0.412 e. The van der Waals surface area contributed by atoms with Crippen molar-refractivity contribution < 1.29 is 47.3 Å². The molecule has 0 saturated carbocycles. The Balaban J connectivity index is 0.000000237. The Bertz CT molecular complexity index is 1120. The Kier molecular flexibility index (Phi) is 14.1. The van der Waals surface area contributed by atoms with Crippen LogP contribution in [0.3, 0.4) is 0 Å². The highest BCUT2D eigenvalue weighted by atomic mass is 35.5. The zero-order valence-corrected chi connectivity index (χ0v) is 24.7. The first-order chi connectivity index (χ1) is 19.5. The van der Waals surface area contributed by atoms with E-state index in [0.717, 1.165) is 45.2 Å². The Morgan fingerprint density at radius 3 is 1.54 bits per heavy atom. The van der Waals surface area contributed by atoms with Crippen molar-refractivity contribution in [2.24, 2.45) is 0 Å². The molecule has 0 spiro atoms. The van der Waals surface area contributed by atoms with E-state index in [1.807, 2.05) is 0 Å². The van der Waals surface area contributed by atoms with E-state index in [0.29, 0.717) is 24.6 Å². The molecule has 2 aliphatic heterocycles. The molecule has 2 aliphatic rings. The number of rotatable bonds is 5. The lowest BCUT2D eigenvalue weighted by Crippen LogP contribution is -2.38. The minimum Gasteiger partial charge on any atom is -0.475 e. The number of aryl methyl sites for hydroxylation is 2. The zero-order valence-electron chi connectivity index (χ0n) is 23.9. The molecule has 4 heterocycles. The molecule has 1 N–H and O–H groups in total. The van der Waals surface area contributed by atoms with E-state index in [1.165, 1.54) is 25.5 Å². The van der Waals surface area contributed by atoms with E-state index in [9.17, 15) is 19.2 Å². The van der Waals surface area contributed by atoms with Crippen LogP contribution in [0, 0.1) is 13.8 Å². The van der Waals surface area contributed by atoms with Gasteiger partial charge in [0.1, 0.15) is 11.5 Å². The van der Waals surface area contributed by atoms with Crippen LogP contribution in [-0.4, -0.2) is 77.1 Å². The van der Waals surface area contributed by atoms with Crippen LogP contribution in [0.5, 0.6) is 0 Å². The van der Waals surface area contributed by atoms with Crippen molar-refractivity contribution >= 4 is 35.7 Å². The highest BCUT2D eigenvalue weighted by molar-refractivity contribution is 6.19. The fourth-order valence-corrected chi connectivity index (χ4v) is 3.99. The number of halogens is 1. The second-order valence-corrected chi connectivity index (χ2v) is 10.1. The van der Waals surface area contributed by atoms with Gasteiger partial charge >= 0.3 is 24.1 Å². The average molecular weight is 599 g/mol. The molecule has 41 heavy (non-hydrogen) atoms. The number of carbonyl (C=O) groups excluding carboxylic acids is 3. The lowest BCUT2D eigenvalue weighted by molar-refractivity contribution is -0.0717. The number of piperidine rings is 2. The molecule has 2 unspecified atom stereocenters. The summed E-state index contributed by atoms with van der Waals surface area (Å²) >= 11 is 5.52. The van der Waals surface area contributed by atoms with Crippen molar-refractivity contribution in [3.63, 3.8) is 0 Å². The van der Waals surface area contributed by atoms with Crippen LogP contribution in [0.4, 0.5) is 9.59 Å². The molecule has 2 saturated heterocycles. The summed E-state index contributed by atoms with van der Waals surface area (Å²) in [6.07, 6.45) is 4.79. The molecule has 12 nitrogen and oxygen atoms in total. The molecule has 0 bridgehead atoms. The number of amides is 2. The van der Waals surface area contributed by atoms with Crippen LogP contribution in [0.2, 0.25) is 0 Å². The summed E-state index contributed by atoms with van der Waals surface area (Å²) in [5.74, 6) is -0.335. The number of furan rings is 2. The molecule has 0 aromatic carbocycles. The maximum absolute atomic E-state index is 11.8. The number of esters is 1. The number of carbonyl (C=O) groups is 4. The van der Waals surface area contributed by atoms with E-state index in [4.69, 9.17) is 39.8 Å². The predicted octanol–water partition coefficient (Wildman–Crippen LogP) is 6.19. The second-order valence-electron chi connectivity index (χ2n) is 9.50. The van der Waals surface area contributed by atoms with Gasteiger partial charge in [-0.25, -0.2) is 19.2 Å². The highest BCUT2D eigenvalue weighted by Crippen LogP contribution is 2.14. The van der Waals surface area contributed by atoms with Crippen molar-refractivity contribution in [1.29, 1.82) is 0 Å². The van der Waals surface area contributed by atoms with Gasteiger partial charge in [-0.1, -0.05) is 11.6 Å². The molecule has 2 amide bonds. The summed E-state index contributed by atoms with van der Waals surface area (Å²) in [5, 5.41) is 8.30. The fraction of sp³-hybridized carbons (Fsp3) is 0.571. The van der Waals surface area contributed by atoms with Gasteiger partial charge in [0.15, 0.2) is 5.56 Å². The van der Waals surface area contributed by atoms with Crippen LogP contribution in [0.25, 0.3) is 0 Å². The standard InChI is InChI=1S/C14H19NO5.C8H14ClNO2.C6H6O3/c1-10-6-7-12(18-10)13(16)19-11(2)20-14(17)15-8-4-3-5-9-15;1-7(9)12-8(11)10-5-3-2-4-6-10;1-4-2-3-5(9-4)6(7)8/h6-7,11H,3-5,8-9H2,1-2H3;7H,2-6H2,1H3;2-3H,1H3,(H,7,8). The van der Waals surface area contributed by atoms with E-state index in [-0.39, 0.29) is 17.6 Å². The number of hydrogen-bond donors (Lipinski definition) is 1. The van der Waals surface area contributed by atoms with E-state index in [2.05, 4.69) is 0 Å². The number of hydrogen-bond acceptors (Lipinski definition) is 9. The van der Waals surface area contributed by atoms with Gasteiger partial charge in [0.2, 0.25) is 17.8 Å². The average Bonchev–Trinajstić information content (AvgIpc) is 3.58. The van der Waals surface area contributed by atoms with E-state index >= 15 is 0 Å². The van der Waals surface area contributed by atoms with Crippen molar-refractivity contribution in [2.75, 3.05) is 26.2 Å². The maximum Gasteiger partial charge on any atom is 0.412 e. The summed E-state index contributed by atoms with van der Waals surface area (Å²) in [6, 6.07) is 6.24. The number of ether oxygens (including phenoxy) is 3. The summed E-state index contributed by atoms with van der Waals surface area (Å²) in [6.45, 7) is 9.58. The van der Waals surface area contributed by atoms with Crippen molar-refractivity contribution in [1.82, 2.24) is 9.80 Å². The lowest BCUT2D eigenvalue weighted by atomic mass is 10.1. The van der Waals surface area contributed by atoms with Gasteiger partial charge < -0.3 is 38.0 Å². The summed E-state index contributed by atoms with van der Waals surface area (Å²) in [4.78, 5) is 48.2. The molecular weight excluding hydrogens is 560 g/mol. The first kappa shape index (κ1) is 33.5. The highest BCUT2D eigenvalue weighted by Gasteiger charge is 2.23. The first-order valence-corrected chi connectivity index (χ1v) is 14.0.